The van der Waals surface area contributed by atoms with Crippen molar-refractivity contribution in [1.82, 2.24) is 9.29 Å². The van der Waals surface area contributed by atoms with E-state index in [4.69, 9.17) is 5.11 Å². The summed E-state index contributed by atoms with van der Waals surface area (Å²) in [7, 11) is -3.46. The van der Waals surface area contributed by atoms with Crippen molar-refractivity contribution in [3.8, 4) is 0 Å². The number of carbonyl (C=O) groups excluding carboxylic acids is 1. The minimum atomic E-state index is -3.46. The second kappa shape index (κ2) is 5.49. The first-order valence-electron chi connectivity index (χ1n) is 6.40. The third kappa shape index (κ3) is 3.08. The molecule has 0 saturated carbocycles. The van der Waals surface area contributed by atoms with Gasteiger partial charge in [-0.1, -0.05) is 0 Å². The van der Waals surface area contributed by atoms with E-state index in [-0.39, 0.29) is 11.3 Å². The Morgan fingerprint density at radius 3 is 2.71 bits per heavy atom. The number of carboxylic acid groups (broad SMARTS) is 1. The molecular weight excluding hydrogens is 298 g/mol. The molecule has 1 amide bonds. The first-order chi connectivity index (χ1) is 9.71. The van der Waals surface area contributed by atoms with Crippen LogP contribution in [0.3, 0.4) is 0 Å². The van der Waals surface area contributed by atoms with Crippen LogP contribution in [0.15, 0.2) is 6.20 Å². The number of carbonyl (C=O) groups is 2. The molecule has 3 N–H and O–H groups in total. The summed E-state index contributed by atoms with van der Waals surface area (Å²) in [6.07, 6.45) is 3.46. The van der Waals surface area contributed by atoms with Gasteiger partial charge in [0.25, 0.3) is 0 Å². The largest absolute Gasteiger partial charge is 0.478 e. The summed E-state index contributed by atoms with van der Waals surface area (Å²) < 4.78 is 24.4. The van der Waals surface area contributed by atoms with E-state index in [0.29, 0.717) is 25.1 Å². The van der Waals surface area contributed by atoms with E-state index in [1.165, 1.54) is 6.20 Å². The average Bonchev–Trinajstić information content (AvgIpc) is 2.95. The Morgan fingerprint density at radius 1 is 1.48 bits per heavy atom. The molecule has 0 spiro atoms. The zero-order chi connectivity index (χ0) is 15.8. The zero-order valence-electron chi connectivity index (χ0n) is 11.7. The number of rotatable bonds is 4. The van der Waals surface area contributed by atoms with Crippen LogP contribution in [0.5, 0.6) is 0 Å². The van der Waals surface area contributed by atoms with Gasteiger partial charge in [0.1, 0.15) is 11.6 Å². The Balaban J connectivity index is 2.21. The van der Waals surface area contributed by atoms with Crippen LogP contribution in [0.2, 0.25) is 0 Å². The molecule has 21 heavy (non-hydrogen) atoms. The number of H-pyrrole nitrogens is 1. The second-order valence-electron chi connectivity index (χ2n) is 5.03. The molecule has 1 atom stereocenters. The van der Waals surface area contributed by atoms with Crippen LogP contribution in [-0.2, 0) is 14.8 Å². The summed E-state index contributed by atoms with van der Waals surface area (Å²) in [5, 5.41) is 11.6. The van der Waals surface area contributed by atoms with Gasteiger partial charge in [0.05, 0.1) is 11.9 Å². The summed E-state index contributed by atoms with van der Waals surface area (Å²) in [5.41, 5.74) is 0.543. The Hall–Kier alpha value is -1.87. The van der Waals surface area contributed by atoms with E-state index in [1.54, 1.807) is 6.92 Å². The van der Waals surface area contributed by atoms with Crippen molar-refractivity contribution in [1.29, 1.82) is 0 Å². The van der Waals surface area contributed by atoms with E-state index in [2.05, 4.69) is 10.3 Å². The Morgan fingerprint density at radius 2 is 2.14 bits per heavy atom. The van der Waals surface area contributed by atoms with Crippen LogP contribution in [0.25, 0.3) is 0 Å². The van der Waals surface area contributed by atoms with Gasteiger partial charge in [-0.3, -0.25) is 4.79 Å². The topological polar surface area (TPSA) is 120 Å². The van der Waals surface area contributed by atoms with Gasteiger partial charge in [-0.05, 0) is 19.8 Å². The van der Waals surface area contributed by atoms with E-state index < -0.39 is 27.9 Å². The Bertz CT molecular complexity index is 679. The molecule has 1 aromatic rings. The number of anilines is 1. The van der Waals surface area contributed by atoms with Gasteiger partial charge in [-0.15, -0.1) is 0 Å². The van der Waals surface area contributed by atoms with Crippen molar-refractivity contribution in [2.24, 2.45) is 0 Å². The zero-order valence-corrected chi connectivity index (χ0v) is 12.5. The molecule has 1 aliphatic rings. The predicted molar refractivity (Wildman–Crippen MR) is 75.7 cm³/mol. The fourth-order valence-electron chi connectivity index (χ4n) is 2.52. The number of nitrogens with one attached hydrogen (secondary N) is 2. The molecule has 2 heterocycles. The standard InChI is InChI=1S/C12H17N3O5S/c1-7-10(12(17)18)8(6-13-7)14-11(16)9-4-3-5-15(9)21(2,19)20/h6,9,13H,3-5H2,1-2H3,(H,14,16)(H,17,18). The Labute approximate surface area is 122 Å². The molecule has 8 nitrogen and oxygen atoms in total. The highest BCUT2D eigenvalue weighted by Gasteiger charge is 2.36. The lowest BCUT2D eigenvalue weighted by atomic mass is 10.2. The van der Waals surface area contributed by atoms with E-state index in [9.17, 15) is 18.0 Å². The quantitative estimate of drug-likeness (QED) is 0.742. The number of aromatic carboxylic acids is 1. The molecule has 0 aliphatic carbocycles. The second-order valence-corrected chi connectivity index (χ2v) is 6.96. The molecule has 1 aliphatic heterocycles. The fraction of sp³-hybridized carbons (Fsp3) is 0.500. The summed E-state index contributed by atoms with van der Waals surface area (Å²) in [5.74, 6) is -1.67. The number of aromatic nitrogens is 1. The van der Waals surface area contributed by atoms with Crippen molar-refractivity contribution in [2.75, 3.05) is 18.1 Å². The molecule has 116 valence electrons. The molecule has 0 bridgehead atoms. The van der Waals surface area contributed by atoms with Crippen LogP contribution < -0.4 is 5.32 Å². The summed E-state index contributed by atoms with van der Waals surface area (Å²) in [6, 6.07) is -0.795. The van der Waals surface area contributed by atoms with Gasteiger partial charge in [0.15, 0.2) is 0 Å². The number of aryl methyl sites for hydroxylation is 1. The number of amides is 1. The molecular formula is C12H17N3O5S. The average molecular weight is 315 g/mol. The Kier molecular flexibility index (Phi) is 4.06. The van der Waals surface area contributed by atoms with Crippen molar-refractivity contribution in [2.45, 2.75) is 25.8 Å². The van der Waals surface area contributed by atoms with Crippen LogP contribution in [0.4, 0.5) is 5.69 Å². The minimum Gasteiger partial charge on any atom is -0.478 e. The van der Waals surface area contributed by atoms with Crippen LogP contribution in [-0.4, -0.2) is 53.5 Å². The summed E-state index contributed by atoms with van der Waals surface area (Å²) in [6.45, 7) is 1.88. The maximum atomic E-state index is 12.2. The third-order valence-electron chi connectivity index (χ3n) is 3.48. The fourth-order valence-corrected chi connectivity index (χ4v) is 3.64. The number of sulfonamides is 1. The first-order valence-corrected chi connectivity index (χ1v) is 8.25. The molecule has 1 saturated heterocycles. The molecule has 0 radical (unpaired) electrons. The van der Waals surface area contributed by atoms with Gasteiger partial charge in [0, 0.05) is 18.4 Å². The predicted octanol–water partition coefficient (Wildman–Crippen LogP) is 0.384. The van der Waals surface area contributed by atoms with Crippen LogP contribution in [0.1, 0.15) is 28.9 Å². The number of hydrogen-bond donors (Lipinski definition) is 3. The lowest BCUT2D eigenvalue weighted by Crippen LogP contribution is -2.42. The van der Waals surface area contributed by atoms with Crippen molar-refractivity contribution < 1.29 is 23.1 Å². The molecule has 2 rings (SSSR count). The SMILES string of the molecule is Cc1[nH]cc(NC(=O)C2CCCN2S(C)(=O)=O)c1C(=O)O. The van der Waals surface area contributed by atoms with E-state index in [0.717, 1.165) is 10.6 Å². The number of nitrogens with zero attached hydrogens (tertiary/aromatic N) is 1. The minimum absolute atomic E-state index is 0.0211. The third-order valence-corrected chi connectivity index (χ3v) is 4.77. The summed E-state index contributed by atoms with van der Waals surface area (Å²) >= 11 is 0. The maximum absolute atomic E-state index is 12.2. The number of hydrogen-bond acceptors (Lipinski definition) is 4. The molecule has 0 aromatic carbocycles. The van der Waals surface area contributed by atoms with Gasteiger partial charge in [-0.2, -0.15) is 4.31 Å². The number of carboxylic acids is 1. The van der Waals surface area contributed by atoms with Crippen LogP contribution in [0, 0.1) is 6.92 Å². The maximum Gasteiger partial charge on any atom is 0.339 e. The van der Waals surface area contributed by atoms with Crippen molar-refractivity contribution in [3.05, 3.63) is 17.5 Å². The lowest BCUT2D eigenvalue weighted by Gasteiger charge is -2.21. The van der Waals surface area contributed by atoms with Crippen molar-refractivity contribution in [3.63, 3.8) is 0 Å². The molecule has 9 heteroatoms. The highest BCUT2D eigenvalue weighted by molar-refractivity contribution is 7.88. The van der Waals surface area contributed by atoms with Gasteiger partial charge in [-0.25, -0.2) is 13.2 Å². The smallest absolute Gasteiger partial charge is 0.339 e. The lowest BCUT2D eigenvalue weighted by molar-refractivity contribution is -0.119. The number of aromatic amines is 1. The molecule has 1 unspecified atom stereocenters. The monoisotopic (exact) mass is 315 g/mol. The van der Waals surface area contributed by atoms with E-state index >= 15 is 0 Å². The highest BCUT2D eigenvalue weighted by Crippen LogP contribution is 2.24. The summed E-state index contributed by atoms with van der Waals surface area (Å²) in [4.78, 5) is 26.1. The first kappa shape index (κ1) is 15.5. The highest BCUT2D eigenvalue weighted by atomic mass is 32.2. The van der Waals surface area contributed by atoms with Gasteiger partial charge >= 0.3 is 5.97 Å². The van der Waals surface area contributed by atoms with Gasteiger partial charge in [0.2, 0.25) is 15.9 Å². The molecule has 1 aromatic heterocycles. The molecule has 1 fully saturated rings. The van der Waals surface area contributed by atoms with Crippen molar-refractivity contribution >= 4 is 27.6 Å². The normalized spacial score (nSPS) is 19.6. The van der Waals surface area contributed by atoms with E-state index in [1.807, 2.05) is 0 Å². The van der Waals surface area contributed by atoms with Gasteiger partial charge < -0.3 is 15.4 Å². The van der Waals surface area contributed by atoms with Crippen LogP contribution >= 0.6 is 0 Å².